The quantitative estimate of drug-likeness (QED) is 0.300. The van der Waals surface area contributed by atoms with E-state index in [9.17, 15) is 27.6 Å². The number of fused-ring (bicyclic) bond motifs is 2. The van der Waals surface area contributed by atoms with Crippen LogP contribution in [0.3, 0.4) is 0 Å². The topological polar surface area (TPSA) is 109 Å². The Balaban J connectivity index is 1.43. The van der Waals surface area contributed by atoms with Crippen molar-refractivity contribution < 1.29 is 37.0 Å². The highest BCUT2D eigenvalue weighted by atomic mass is 35.5. The summed E-state index contributed by atoms with van der Waals surface area (Å²) in [5.41, 5.74) is 0.649. The van der Waals surface area contributed by atoms with Crippen molar-refractivity contribution in [2.45, 2.75) is 36.7 Å². The molecule has 2 aliphatic heterocycles. The van der Waals surface area contributed by atoms with Crippen LogP contribution in [0.2, 0.25) is 5.02 Å². The summed E-state index contributed by atoms with van der Waals surface area (Å²) in [6.45, 7) is 0.0970. The van der Waals surface area contributed by atoms with E-state index in [2.05, 4.69) is 20.7 Å². The van der Waals surface area contributed by atoms with Crippen molar-refractivity contribution in [2.75, 3.05) is 30.8 Å². The maximum Gasteiger partial charge on any atom is 0.412 e. The Labute approximate surface area is 250 Å². The van der Waals surface area contributed by atoms with Gasteiger partial charge in [-0.2, -0.15) is 13.2 Å². The third-order valence-corrected chi connectivity index (χ3v) is 7.73. The predicted octanol–water partition coefficient (Wildman–Crippen LogP) is 6.01. The fourth-order valence-electron chi connectivity index (χ4n) is 5.44. The Hall–Kier alpha value is -4.29. The van der Waals surface area contributed by atoms with Crippen molar-refractivity contribution in [3.05, 3.63) is 94.5 Å². The van der Waals surface area contributed by atoms with Gasteiger partial charge in [0.25, 0.3) is 0 Å². The van der Waals surface area contributed by atoms with E-state index in [1.807, 2.05) is 0 Å². The number of likely N-dealkylation sites (tertiary alicyclic amines) is 1. The highest BCUT2D eigenvalue weighted by molar-refractivity contribution is 6.30. The molecule has 0 saturated carbocycles. The summed E-state index contributed by atoms with van der Waals surface area (Å²) in [7, 11) is 1.17. The number of benzene rings is 3. The minimum atomic E-state index is -4.76. The van der Waals surface area contributed by atoms with Gasteiger partial charge >= 0.3 is 18.4 Å². The van der Waals surface area contributed by atoms with Gasteiger partial charge in [-0.25, -0.2) is 9.59 Å². The van der Waals surface area contributed by atoms with Gasteiger partial charge in [0.1, 0.15) is 6.04 Å². The lowest BCUT2D eigenvalue weighted by molar-refractivity contribution is -0.162. The maximum absolute atomic E-state index is 14.5. The van der Waals surface area contributed by atoms with Gasteiger partial charge in [0.05, 0.1) is 25.4 Å². The van der Waals surface area contributed by atoms with E-state index in [1.54, 1.807) is 48.5 Å². The van der Waals surface area contributed by atoms with E-state index < -0.39 is 42.0 Å². The zero-order chi connectivity index (χ0) is 30.8. The number of hydrogen-bond acceptors (Lipinski definition) is 6. The molecule has 3 N–H and O–H groups in total. The summed E-state index contributed by atoms with van der Waals surface area (Å²) >= 11 is 6.22. The van der Waals surface area contributed by atoms with E-state index in [1.165, 1.54) is 36.3 Å². The van der Waals surface area contributed by atoms with Crippen LogP contribution in [0.25, 0.3) is 0 Å². The van der Waals surface area contributed by atoms with Crippen LogP contribution in [0.5, 0.6) is 0 Å². The molecular formula is C30H28ClF3N4O5. The van der Waals surface area contributed by atoms with Crippen molar-refractivity contribution in [2.24, 2.45) is 0 Å². The number of halogens is 4. The van der Waals surface area contributed by atoms with Gasteiger partial charge in [0.15, 0.2) is 5.60 Å². The molecular weight excluding hydrogens is 589 g/mol. The summed E-state index contributed by atoms with van der Waals surface area (Å²) in [5.74, 6) is -0.572. The molecule has 0 radical (unpaired) electrons. The number of carbonyl (C=O) groups is 3. The second-order valence-corrected chi connectivity index (χ2v) is 10.8. The van der Waals surface area contributed by atoms with Crippen LogP contribution in [0.4, 0.5) is 34.1 Å². The first kappa shape index (κ1) is 30.2. The average Bonchev–Trinajstić information content (AvgIpc) is 3.39. The molecule has 9 nitrogen and oxygen atoms in total. The summed E-state index contributed by atoms with van der Waals surface area (Å²) in [4.78, 5) is 39.3. The largest absolute Gasteiger partial charge is 0.453 e. The molecule has 1 unspecified atom stereocenters. The SMILES string of the molecule is COC(=O)Nc1ccc(C(N[C@@H](Cc2ccccc2)C(=O)N2CC[C@@]3(C2)OC(=O)Nc2ccc(Cl)cc23)C(F)(F)F)cc1. The Bertz CT molecular complexity index is 1510. The minimum Gasteiger partial charge on any atom is -0.453 e. The van der Waals surface area contributed by atoms with E-state index in [-0.39, 0.29) is 37.2 Å². The van der Waals surface area contributed by atoms with E-state index in [0.717, 1.165) is 0 Å². The van der Waals surface area contributed by atoms with Gasteiger partial charge in [0, 0.05) is 29.2 Å². The summed E-state index contributed by atoms with van der Waals surface area (Å²) in [5, 5.41) is 8.00. The monoisotopic (exact) mass is 616 g/mol. The normalized spacial score (nSPS) is 19.2. The van der Waals surface area contributed by atoms with Crippen molar-refractivity contribution in [3.63, 3.8) is 0 Å². The second-order valence-electron chi connectivity index (χ2n) is 10.3. The number of rotatable bonds is 7. The van der Waals surface area contributed by atoms with Gasteiger partial charge in [-0.05, 0) is 47.9 Å². The van der Waals surface area contributed by atoms with Crippen molar-refractivity contribution in [1.82, 2.24) is 10.2 Å². The maximum atomic E-state index is 14.5. The van der Waals surface area contributed by atoms with Crippen LogP contribution in [-0.2, 0) is 26.3 Å². The lowest BCUT2D eigenvalue weighted by atomic mass is 9.90. The molecule has 5 rings (SSSR count). The third kappa shape index (κ3) is 6.70. The van der Waals surface area contributed by atoms with Crippen LogP contribution in [0.15, 0.2) is 72.8 Å². The minimum absolute atomic E-state index is 0.0263. The first-order valence-electron chi connectivity index (χ1n) is 13.4. The number of anilines is 2. The molecule has 1 fully saturated rings. The van der Waals surface area contributed by atoms with Gasteiger partial charge in [-0.15, -0.1) is 0 Å². The van der Waals surface area contributed by atoms with Gasteiger partial charge < -0.3 is 14.4 Å². The predicted molar refractivity (Wildman–Crippen MR) is 153 cm³/mol. The van der Waals surface area contributed by atoms with Gasteiger partial charge in [0.2, 0.25) is 5.91 Å². The number of hydrogen-bond donors (Lipinski definition) is 3. The first-order chi connectivity index (χ1) is 20.5. The Morgan fingerprint density at radius 2 is 1.84 bits per heavy atom. The molecule has 2 heterocycles. The molecule has 3 aromatic rings. The zero-order valence-electron chi connectivity index (χ0n) is 22.9. The van der Waals surface area contributed by atoms with E-state index >= 15 is 0 Å². The number of carbonyl (C=O) groups excluding carboxylic acids is 3. The number of nitrogens with zero attached hydrogens (tertiary/aromatic N) is 1. The highest BCUT2D eigenvalue weighted by Gasteiger charge is 2.50. The zero-order valence-corrected chi connectivity index (χ0v) is 23.7. The van der Waals surface area contributed by atoms with Gasteiger partial charge in [-0.3, -0.25) is 20.7 Å². The Morgan fingerprint density at radius 1 is 1.12 bits per heavy atom. The molecule has 2 aliphatic rings. The van der Waals surface area contributed by atoms with Crippen molar-refractivity contribution >= 4 is 41.1 Å². The fraction of sp³-hybridized carbons (Fsp3) is 0.300. The number of nitrogens with one attached hydrogen (secondary N) is 3. The Morgan fingerprint density at radius 3 is 2.51 bits per heavy atom. The van der Waals surface area contributed by atoms with E-state index in [0.29, 0.717) is 21.8 Å². The van der Waals surface area contributed by atoms with Crippen LogP contribution < -0.4 is 16.0 Å². The average molecular weight is 617 g/mol. The molecule has 0 aromatic heterocycles. The lowest BCUT2D eigenvalue weighted by Gasteiger charge is -2.36. The molecule has 0 bridgehead atoms. The highest BCUT2D eigenvalue weighted by Crippen LogP contribution is 2.44. The van der Waals surface area contributed by atoms with Crippen LogP contribution in [-0.4, -0.2) is 55.4 Å². The molecule has 43 heavy (non-hydrogen) atoms. The summed E-state index contributed by atoms with van der Waals surface area (Å²) < 4.78 is 53.7. The number of alkyl halides is 3. The molecule has 3 aromatic carbocycles. The summed E-state index contributed by atoms with van der Waals surface area (Å²) in [6.07, 6.45) is -6.00. The summed E-state index contributed by atoms with van der Waals surface area (Å²) in [6, 6.07) is 15.2. The van der Waals surface area contributed by atoms with Crippen LogP contribution in [0, 0.1) is 0 Å². The van der Waals surface area contributed by atoms with Crippen LogP contribution >= 0.6 is 11.6 Å². The number of ether oxygens (including phenoxy) is 2. The standard InChI is InChI=1S/C30H28ClF3N4O5/c1-42-27(40)35-21-10-7-19(8-11-21)25(30(32,33)34)36-24(15-18-5-3-2-4-6-18)26(39)38-14-13-29(17-38)22-16-20(31)9-12-23(22)37-28(41)43-29/h2-12,16,24-25,36H,13-15,17H2,1H3,(H,35,40)(H,37,41)/t24-,25?,29-/m0/s1. The molecule has 1 spiro atoms. The molecule has 226 valence electrons. The number of amides is 3. The molecule has 1 saturated heterocycles. The lowest BCUT2D eigenvalue weighted by Crippen LogP contribution is -2.52. The Kier molecular flexibility index (Phi) is 8.52. The fourth-order valence-corrected chi connectivity index (χ4v) is 5.61. The molecule has 0 aliphatic carbocycles. The van der Waals surface area contributed by atoms with Gasteiger partial charge in [-0.1, -0.05) is 54.1 Å². The molecule has 13 heteroatoms. The second kappa shape index (κ2) is 12.1. The molecule has 3 atom stereocenters. The molecule has 3 amide bonds. The third-order valence-electron chi connectivity index (χ3n) is 7.49. The first-order valence-corrected chi connectivity index (χ1v) is 13.8. The van der Waals surface area contributed by atoms with Crippen molar-refractivity contribution in [3.8, 4) is 0 Å². The van der Waals surface area contributed by atoms with Crippen molar-refractivity contribution in [1.29, 1.82) is 0 Å². The van der Waals surface area contributed by atoms with Crippen LogP contribution in [0.1, 0.15) is 29.2 Å². The van der Waals surface area contributed by atoms with E-state index in [4.69, 9.17) is 16.3 Å². The number of methoxy groups -OCH3 is 1. The smallest absolute Gasteiger partial charge is 0.412 e.